The molecule has 1 aromatic heterocycles. The molecule has 0 radical (unpaired) electrons. The molecule has 4 heteroatoms. The number of piperidine rings is 3. The largest absolute Gasteiger partial charge is 0.396 e. The molecule has 2 aromatic rings. The maximum absolute atomic E-state index is 6.16. The van der Waals surface area contributed by atoms with Gasteiger partial charge in [0.2, 0.25) is 0 Å². The van der Waals surface area contributed by atoms with Crippen molar-refractivity contribution in [1.82, 2.24) is 9.88 Å². The summed E-state index contributed by atoms with van der Waals surface area (Å²) in [6.45, 7) is 3.66. The van der Waals surface area contributed by atoms with Crippen LogP contribution in [0.1, 0.15) is 12.8 Å². The van der Waals surface area contributed by atoms with Crippen molar-refractivity contribution in [3.63, 3.8) is 0 Å². The van der Waals surface area contributed by atoms with Crippen molar-refractivity contribution in [2.45, 2.75) is 18.9 Å². The third-order valence-corrected chi connectivity index (χ3v) is 4.79. The number of hydrogen-bond acceptors (Lipinski definition) is 4. The van der Waals surface area contributed by atoms with Crippen LogP contribution in [-0.4, -0.2) is 35.6 Å². The Morgan fingerprint density at radius 3 is 2.75 bits per heavy atom. The van der Waals surface area contributed by atoms with Gasteiger partial charge in [-0.2, -0.15) is 0 Å². The van der Waals surface area contributed by atoms with Crippen LogP contribution in [0.2, 0.25) is 0 Å². The molecule has 1 aromatic carbocycles. The number of nitrogens with two attached hydrogens (primary N) is 1. The zero-order chi connectivity index (χ0) is 13.5. The fraction of sp³-hybridized carbons (Fsp3) is 0.438. The maximum atomic E-state index is 6.16. The number of aromatic nitrogens is 1. The highest BCUT2D eigenvalue weighted by Crippen LogP contribution is 2.34. The van der Waals surface area contributed by atoms with E-state index in [-0.39, 0.29) is 0 Å². The quantitative estimate of drug-likeness (QED) is 0.877. The van der Waals surface area contributed by atoms with Crippen LogP contribution in [0.3, 0.4) is 0 Å². The Morgan fingerprint density at radius 2 is 2.00 bits per heavy atom. The Balaban J connectivity index is 1.70. The van der Waals surface area contributed by atoms with Gasteiger partial charge >= 0.3 is 0 Å². The van der Waals surface area contributed by atoms with Crippen LogP contribution in [0, 0.1) is 5.92 Å². The Labute approximate surface area is 119 Å². The highest BCUT2D eigenvalue weighted by molar-refractivity contribution is 5.96. The Bertz CT molecular complexity index is 631. The van der Waals surface area contributed by atoms with E-state index in [4.69, 9.17) is 5.73 Å². The molecule has 104 valence electrons. The van der Waals surface area contributed by atoms with Crippen molar-refractivity contribution in [1.29, 1.82) is 0 Å². The highest BCUT2D eigenvalue weighted by Gasteiger charge is 2.34. The van der Waals surface area contributed by atoms with Crippen LogP contribution >= 0.6 is 0 Å². The molecule has 1 atom stereocenters. The monoisotopic (exact) mass is 268 g/mol. The van der Waals surface area contributed by atoms with Crippen molar-refractivity contribution in [3.05, 3.63) is 30.5 Å². The number of benzene rings is 1. The molecule has 5 rings (SSSR count). The number of pyridine rings is 1. The van der Waals surface area contributed by atoms with E-state index >= 15 is 0 Å². The minimum atomic E-state index is 0.519. The maximum Gasteiger partial charge on any atom is 0.0743 e. The van der Waals surface area contributed by atoms with E-state index < -0.39 is 0 Å². The van der Waals surface area contributed by atoms with Gasteiger partial charge in [0, 0.05) is 18.0 Å². The summed E-state index contributed by atoms with van der Waals surface area (Å²) in [6, 6.07) is 8.72. The lowest BCUT2D eigenvalue weighted by Gasteiger charge is -2.45. The first-order valence-corrected chi connectivity index (χ1v) is 7.43. The van der Waals surface area contributed by atoms with E-state index in [1.54, 1.807) is 6.20 Å². The van der Waals surface area contributed by atoms with Crippen LogP contribution in [0.15, 0.2) is 30.5 Å². The third-order valence-electron chi connectivity index (χ3n) is 4.79. The number of anilines is 2. The summed E-state index contributed by atoms with van der Waals surface area (Å²) in [5.74, 6) is 0.784. The van der Waals surface area contributed by atoms with Crippen LogP contribution in [0.5, 0.6) is 0 Å². The average molecular weight is 268 g/mol. The molecule has 0 saturated carbocycles. The molecular weight excluding hydrogens is 248 g/mol. The van der Waals surface area contributed by atoms with Gasteiger partial charge in [-0.15, -0.1) is 0 Å². The fourth-order valence-electron chi connectivity index (χ4n) is 3.63. The number of nitrogen functional groups attached to an aromatic ring is 1. The lowest BCUT2D eigenvalue weighted by Crippen LogP contribution is -2.53. The molecule has 3 fully saturated rings. The van der Waals surface area contributed by atoms with E-state index in [1.807, 2.05) is 18.2 Å². The van der Waals surface area contributed by atoms with Gasteiger partial charge in [0.25, 0.3) is 0 Å². The Morgan fingerprint density at radius 1 is 1.20 bits per heavy atom. The summed E-state index contributed by atoms with van der Waals surface area (Å²) < 4.78 is 0. The summed E-state index contributed by atoms with van der Waals surface area (Å²) in [5, 5.41) is 4.85. The first-order chi connectivity index (χ1) is 9.81. The minimum absolute atomic E-state index is 0.519. The van der Waals surface area contributed by atoms with Gasteiger partial charge in [0.05, 0.1) is 23.1 Å². The summed E-state index contributed by atoms with van der Waals surface area (Å²) in [5.41, 5.74) is 8.98. The zero-order valence-electron chi connectivity index (χ0n) is 11.5. The summed E-state index contributed by atoms with van der Waals surface area (Å²) in [6.07, 6.45) is 4.38. The lowest BCUT2D eigenvalue weighted by atomic mass is 9.84. The predicted octanol–water partition coefficient (Wildman–Crippen LogP) is 2.32. The smallest absolute Gasteiger partial charge is 0.0743 e. The van der Waals surface area contributed by atoms with E-state index in [0.29, 0.717) is 6.04 Å². The molecule has 3 aliphatic rings. The Hall–Kier alpha value is -1.81. The van der Waals surface area contributed by atoms with Crippen molar-refractivity contribution >= 4 is 22.3 Å². The molecule has 4 nitrogen and oxygen atoms in total. The summed E-state index contributed by atoms with van der Waals surface area (Å²) in [4.78, 5) is 6.96. The normalized spacial score (nSPS) is 28.7. The second-order valence-electron chi connectivity index (χ2n) is 5.99. The molecule has 1 unspecified atom stereocenters. The van der Waals surface area contributed by atoms with Gasteiger partial charge in [-0.05, 0) is 37.9 Å². The van der Waals surface area contributed by atoms with Gasteiger partial charge in [-0.1, -0.05) is 18.2 Å². The molecule has 0 aliphatic carbocycles. The molecule has 3 aliphatic heterocycles. The van der Waals surface area contributed by atoms with Crippen molar-refractivity contribution in [2.24, 2.45) is 5.92 Å². The minimum Gasteiger partial charge on any atom is -0.396 e. The number of fused-ring (bicyclic) bond motifs is 4. The standard InChI is InChI=1S/C16H20N4/c17-13-9-18-14-4-2-1-3-12(14)16(13)19-15-10-20-7-5-11(15)6-8-20/h1-4,9,11,15H,5-8,10,17H2,(H,18,19). The topological polar surface area (TPSA) is 54.2 Å². The van der Waals surface area contributed by atoms with Crippen molar-refractivity contribution < 1.29 is 0 Å². The second kappa shape index (κ2) is 4.63. The molecule has 4 heterocycles. The molecule has 2 bridgehead atoms. The second-order valence-corrected chi connectivity index (χ2v) is 5.99. The molecule has 0 spiro atoms. The Kier molecular flexibility index (Phi) is 2.77. The van der Waals surface area contributed by atoms with Crippen LogP contribution < -0.4 is 11.1 Å². The molecule has 3 N–H and O–H groups in total. The van der Waals surface area contributed by atoms with E-state index in [2.05, 4.69) is 21.3 Å². The van der Waals surface area contributed by atoms with E-state index in [0.717, 1.165) is 34.7 Å². The SMILES string of the molecule is Nc1cnc2ccccc2c1NC1CN2CCC1CC2. The first kappa shape index (κ1) is 12.0. The van der Waals surface area contributed by atoms with Crippen LogP contribution in [0.4, 0.5) is 11.4 Å². The number of nitrogens with zero attached hydrogens (tertiary/aromatic N) is 2. The van der Waals surface area contributed by atoms with Gasteiger partial charge < -0.3 is 16.0 Å². The molecule has 20 heavy (non-hydrogen) atoms. The van der Waals surface area contributed by atoms with E-state index in [9.17, 15) is 0 Å². The van der Waals surface area contributed by atoms with Gasteiger partial charge in [-0.25, -0.2) is 0 Å². The van der Waals surface area contributed by atoms with Crippen molar-refractivity contribution in [3.8, 4) is 0 Å². The van der Waals surface area contributed by atoms with Crippen molar-refractivity contribution in [2.75, 3.05) is 30.7 Å². The molecular formula is C16H20N4. The highest BCUT2D eigenvalue weighted by atomic mass is 15.2. The summed E-state index contributed by atoms with van der Waals surface area (Å²) >= 11 is 0. The number of hydrogen-bond donors (Lipinski definition) is 2. The number of nitrogens with one attached hydrogen (secondary N) is 1. The molecule has 3 saturated heterocycles. The molecule has 0 amide bonds. The third kappa shape index (κ3) is 1.91. The van der Waals surface area contributed by atoms with E-state index in [1.165, 1.54) is 25.9 Å². The fourth-order valence-corrected chi connectivity index (χ4v) is 3.63. The average Bonchev–Trinajstić information content (AvgIpc) is 2.51. The first-order valence-electron chi connectivity index (χ1n) is 7.43. The van der Waals surface area contributed by atoms with Gasteiger partial charge in [-0.3, -0.25) is 4.98 Å². The van der Waals surface area contributed by atoms with Crippen LogP contribution in [-0.2, 0) is 0 Å². The predicted molar refractivity (Wildman–Crippen MR) is 82.7 cm³/mol. The summed E-state index contributed by atoms with van der Waals surface area (Å²) in [7, 11) is 0. The lowest BCUT2D eigenvalue weighted by molar-refractivity contribution is 0.0976. The zero-order valence-corrected chi connectivity index (χ0v) is 11.5. The van der Waals surface area contributed by atoms with Crippen LogP contribution in [0.25, 0.3) is 10.9 Å². The van der Waals surface area contributed by atoms with Gasteiger partial charge in [0.1, 0.15) is 0 Å². The number of para-hydroxylation sites is 1. The number of rotatable bonds is 2. The van der Waals surface area contributed by atoms with Gasteiger partial charge in [0.15, 0.2) is 0 Å².